The first-order valence-corrected chi connectivity index (χ1v) is 7.66. The molecule has 21 heavy (non-hydrogen) atoms. The van der Waals surface area contributed by atoms with Crippen molar-refractivity contribution in [2.24, 2.45) is 0 Å². The first-order chi connectivity index (χ1) is 10.3. The van der Waals surface area contributed by atoms with Crippen molar-refractivity contribution in [3.8, 4) is 0 Å². The van der Waals surface area contributed by atoms with Crippen LogP contribution in [-0.4, -0.2) is 12.2 Å². The molecule has 1 saturated carbocycles. The van der Waals surface area contributed by atoms with Gasteiger partial charge in [0.2, 0.25) is 0 Å². The second kappa shape index (κ2) is 6.42. The van der Waals surface area contributed by atoms with Crippen LogP contribution in [0.1, 0.15) is 54.1 Å². The first-order valence-electron chi connectivity index (χ1n) is 7.66. The number of hydrogen-bond donors (Lipinski definition) is 1. The summed E-state index contributed by atoms with van der Waals surface area (Å²) in [5.74, 6) is 0.601. The maximum atomic E-state index is 10.9. The summed E-state index contributed by atoms with van der Waals surface area (Å²) in [6, 6.07) is 18.2. The highest BCUT2D eigenvalue weighted by molar-refractivity contribution is 5.35. The highest BCUT2D eigenvalue weighted by Crippen LogP contribution is 2.42. The topological polar surface area (TPSA) is 29.5 Å². The molecular weight excluding hydrogens is 260 g/mol. The van der Waals surface area contributed by atoms with Crippen LogP contribution in [0.15, 0.2) is 54.6 Å². The van der Waals surface area contributed by atoms with Crippen LogP contribution >= 0.6 is 0 Å². The fraction of sp³-hybridized carbons (Fsp3) is 0.368. The number of benzene rings is 2. The van der Waals surface area contributed by atoms with Gasteiger partial charge in [-0.3, -0.25) is 0 Å². The summed E-state index contributed by atoms with van der Waals surface area (Å²) in [7, 11) is 1.66. The van der Waals surface area contributed by atoms with E-state index in [-0.39, 0.29) is 6.10 Å². The normalized spacial score (nSPS) is 18.0. The number of ether oxygens (including phenoxy) is 1. The average molecular weight is 282 g/mol. The molecular formula is C19H22O2. The number of rotatable bonds is 5. The predicted molar refractivity (Wildman–Crippen MR) is 84.2 cm³/mol. The molecule has 0 saturated heterocycles. The fourth-order valence-electron chi connectivity index (χ4n) is 3.12. The molecule has 2 nitrogen and oxygen atoms in total. The van der Waals surface area contributed by atoms with Gasteiger partial charge < -0.3 is 9.84 Å². The molecule has 1 fully saturated rings. The SMILES string of the molecule is COC(c1ccccc1)C(O)c1ccccc1C1CCC1. The minimum atomic E-state index is -0.630. The zero-order valence-corrected chi connectivity index (χ0v) is 12.4. The molecule has 2 atom stereocenters. The van der Waals surface area contributed by atoms with E-state index in [1.807, 2.05) is 42.5 Å². The Labute approximate surface area is 126 Å². The molecule has 0 heterocycles. The van der Waals surface area contributed by atoms with E-state index < -0.39 is 6.10 Å². The zero-order chi connectivity index (χ0) is 14.7. The molecule has 0 aromatic heterocycles. The van der Waals surface area contributed by atoms with Crippen molar-refractivity contribution in [1.82, 2.24) is 0 Å². The van der Waals surface area contributed by atoms with Crippen LogP contribution < -0.4 is 0 Å². The second-order valence-corrected chi connectivity index (χ2v) is 5.77. The van der Waals surface area contributed by atoms with Crippen LogP contribution in [0.25, 0.3) is 0 Å². The van der Waals surface area contributed by atoms with E-state index in [1.54, 1.807) is 7.11 Å². The molecule has 1 aliphatic carbocycles. The number of hydrogen-bond acceptors (Lipinski definition) is 2. The Bertz CT molecular complexity index is 575. The molecule has 2 unspecified atom stereocenters. The van der Waals surface area contributed by atoms with Gasteiger partial charge in [-0.2, -0.15) is 0 Å². The maximum Gasteiger partial charge on any atom is 0.112 e. The molecule has 2 heteroatoms. The Kier molecular flexibility index (Phi) is 4.37. The third kappa shape index (κ3) is 2.87. The van der Waals surface area contributed by atoms with Gasteiger partial charge in [-0.1, -0.05) is 61.0 Å². The largest absolute Gasteiger partial charge is 0.385 e. The molecule has 3 rings (SSSR count). The second-order valence-electron chi connectivity index (χ2n) is 5.77. The van der Waals surface area contributed by atoms with E-state index in [0.29, 0.717) is 5.92 Å². The molecule has 2 aromatic rings. The van der Waals surface area contributed by atoms with Crippen molar-refractivity contribution in [3.63, 3.8) is 0 Å². The minimum absolute atomic E-state index is 0.326. The molecule has 2 aromatic carbocycles. The van der Waals surface area contributed by atoms with Gasteiger partial charge in [0, 0.05) is 7.11 Å². The first kappa shape index (κ1) is 14.3. The molecule has 1 N–H and O–H groups in total. The van der Waals surface area contributed by atoms with E-state index in [0.717, 1.165) is 11.1 Å². The van der Waals surface area contributed by atoms with Crippen molar-refractivity contribution in [2.45, 2.75) is 37.4 Å². The molecule has 0 amide bonds. The van der Waals surface area contributed by atoms with Gasteiger partial charge in [0.25, 0.3) is 0 Å². The van der Waals surface area contributed by atoms with Gasteiger partial charge in [0.05, 0.1) is 0 Å². The Morgan fingerprint density at radius 3 is 2.29 bits per heavy atom. The van der Waals surface area contributed by atoms with Gasteiger partial charge in [0.15, 0.2) is 0 Å². The molecule has 110 valence electrons. The van der Waals surface area contributed by atoms with Crippen LogP contribution in [0.3, 0.4) is 0 Å². The van der Waals surface area contributed by atoms with E-state index in [4.69, 9.17) is 4.74 Å². The van der Waals surface area contributed by atoms with Crippen molar-refractivity contribution >= 4 is 0 Å². The summed E-state index contributed by atoms with van der Waals surface area (Å²) in [5, 5.41) is 10.9. The number of aliphatic hydroxyl groups is 1. The van der Waals surface area contributed by atoms with Crippen molar-refractivity contribution in [1.29, 1.82) is 0 Å². The zero-order valence-electron chi connectivity index (χ0n) is 12.4. The summed E-state index contributed by atoms with van der Waals surface area (Å²) < 4.78 is 5.59. The lowest BCUT2D eigenvalue weighted by molar-refractivity contribution is -0.0156. The predicted octanol–water partition coefficient (Wildman–Crippen LogP) is 4.38. The molecule has 0 aliphatic heterocycles. The number of methoxy groups -OCH3 is 1. The average Bonchev–Trinajstić information content (AvgIpc) is 2.48. The van der Waals surface area contributed by atoms with Crippen LogP contribution in [0.2, 0.25) is 0 Å². The fourth-order valence-corrected chi connectivity index (χ4v) is 3.12. The van der Waals surface area contributed by atoms with Gasteiger partial charge in [0.1, 0.15) is 12.2 Å². The van der Waals surface area contributed by atoms with E-state index >= 15 is 0 Å². The molecule has 0 bridgehead atoms. The smallest absolute Gasteiger partial charge is 0.112 e. The lowest BCUT2D eigenvalue weighted by Gasteiger charge is -2.31. The monoisotopic (exact) mass is 282 g/mol. The van der Waals surface area contributed by atoms with Crippen LogP contribution in [-0.2, 0) is 4.74 Å². The van der Waals surface area contributed by atoms with Gasteiger partial charge in [-0.25, -0.2) is 0 Å². The quantitative estimate of drug-likeness (QED) is 0.882. The van der Waals surface area contributed by atoms with Gasteiger partial charge >= 0.3 is 0 Å². The third-order valence-electron chi connectivity index (χ3n) is 4.53. The van der Waals surface area contributed by atoms with Crippen molar-refractivity contribution < 1.29 is 9.84 Å². The number of aliphatic hydroxyl groups excluding tert-OH is 1. The molecule has 1 aliphatic rings. The lowest BCUT2D eigenvalue weighted by atomic mass is 9.77. The van der Waals surface area contributed by atoms with E-state index in [9.17, 15) is 5.11 Å². The molecule has 0 radical (unpaired) electrons. The summed E-state index contributed by atoms with van der Waals surface area (Å²) in [4.78, 5) is 0. The van der Waals surface area contributed by atoms with E-state index in [2.05, 4.69) is 12.1 Å². The molecule has 0 spiro atoms. The maximum absolute atomic E-state index is 10.9. The van der Waals surface area contributed by atoms with Crippen molar-refractivity contribution in [2.75, 3.05) is 7.11 Å². The summed E-state index contributed by atoms with van der Waals surface area (Å²) in [6.45, 7) is 0. The minimum Gasteiger partial charge on any atom is -0.385 e. The Morgan fingerprint density at radius 1 is 1.00 bits per heavy atom. The Balaban J connectivity index is 1.92. The Hall–Kier alpha value is -1.64. The highest BCUT2D eigenvalue weighted by atomic mass is 16.5. The van der Waals surface area contributed by atoms with Gasteiger partial charge in [-0.05, 0) is 35.4 Å². The van der Waals surface area contributed by atoms with Gasteiger partial charge in [-0.15, -0.1) is 0 Å². The summed E-state index contributed by atoms with van der Waals surface area (Å²) in [6.07, 6.45) is 2.79. The summed E-state index contributed by atoms with van der Waals surface area (Å²) >= 11 is 0. The lowest BCUT2D eigenvalue weighted by Crippen LogP contribution is -2.18. The highest BCUT2D eigenvalue weighted by Gasteiger charge is 2.28. The van der Waals surface area contributed by atoms with Crippen LogP contribution in [0, 0.1) is 0 Å². The van der Waals surface area contributed by atoms with Crippen LogP contribution in [0.4, 0.5) is 0 Å². The third-order valence-corrected chi connectivity index (χ3v) is 4.53. The van der Waals surface area contributed by atoms with Crippen LogP contribution in [0.5, 0.6) is 0 Å². The van der Waals surface area contributed by atoms with E-state index in [1.165, 1.54) is 24.8 Å². The summed E-state index contributed by atoms with van der Waals surface area (Å²) in [5.41, 5.74) is 3.31. The standard InChI is InChI=1S/C19H22O2/c1-21-19(15-8-3-2-4-9-15)18(20)17-13-6-5-12-16(17)14-10-7-11-14/h2-6,8-9,12-14,18-20H,7,10-11H2,1H3. The van der Waals surface area contributed by atoms with Crippen molar-refractivity contribution in [3.05, 3.63) is 71.3 Å². The Morgan fingerprint density at radius 2 is 1.67 bits per heavy atom.